The van der Waals surface area contributed by atoms with Gasteiger partial charge in [-0.05, 0) is 88.2 Å². The van der Waals surface area contributed by atoms with Crippen molar-refractivity contribution in [1.29, 1.82) is 0 Å². The summed E-state index contributed by atoms with van der Waals surface area (Å²) in [6.07, 6.45) is 7.64. The van der Waals surface area contributed by atoms with E-state index in [0.717, 1.165) is 74.0 Å². The third kappa shape index (κ3) is 11.7. The summed E-state index contributed by atoms with van der Waals surface area (Å²) in [5.41, 5.74) is 14.3. The molecule has 2 saturated carbocycles. The number of amides is 4. The number of nitrogens with one attached hydrogen (secondary N) is 2. The van der Waals surface area contributed by atoms with Crippen molar-refractivity contribution in [1.82, 2.24) is 30.7 Å². The minimum atomic E-state index is -0.482. The molecule has 2 aliphatic heterocycles. The van der Waals surface area contributed by atoms with Crippen LogP contribution in [-0.4, -0.2) is 82.0 Å². The van der Waals surface area contributed by atoms with Gasteiger partial charge >= 0.3 is 0 Å². The summed E-state index contributed by atoms with van der Waals surface area (Å²) in [4.78, 5) is 53.8. The predicted octanol–water partition coefficient (Wildman–Crippen LogP) is 6.06. The first kappa shape index (κ1) is 46.3. The Morgan fingerprint density at radius 2 is 0.917 bits per heavy atom. The van der Waals surface area contributed by atoms with Crippen LogP contribution in [0.4, 0.5) is 0 Å². The third-order valence-corrected chi connectivity index (χ3v) is 11.8. The van der Waals surface area contributed by atoms with Crippen molar-refractivity contribution in [3.63, 3.8) is 0 Å². The van der Waals surface area contributed by atoms with Crippen molar-refractivity contribution < 1.29 is 28.2 Å². The van der Waals surface area contributed by atoms with Gasteiger partial charge in [0.15, 0.2) is 11.4 Å². The molecule has 16 heteroatoms. The molecule has 0 radical (unpaired) electrons. The highest BCUT2D eigenvalue weighted by molar-refractivity contribution is 5.93. The van der Waals surface area contributed by atoms with Gasteiger partial charge in [-0.2, -0.15) is 0 Å². The Balaban J connectivity index is 0.000000220. The lowest BCUT2D eigenvalue weighted by atomic mass is 9.85. The van der Waals surface area contributed by atoms with Crippen LogP contribution in [0.5, 0.6) is 0 Å². The largest absolute Gasteiger partial charge is 0.360 e. The van der Waals surface area contributed by atoms with E-state index in [4.69, 9.17) is 20.5 Å². The number of carbonyl (C=O) groups excluding carboxylic acids is 4. The molecule has 4 atom stereocenters. The molecule has 4 aromatic rings. The molecule has 4 amide bonds. The summed E-state index contributed by atoms with van der Waals surface area (Å²) in [7, 11) is 0. The van der Waals surface area contributed by atoms with Crippen LogP contribution >= 0.6 is 24.8 Å². The van der Waals surface area contributed by atoms with Crippen molar-refractivity contribution in [3.8, 4) is 0 Å². The molecular formula is C44H58Cl2N8O6. The van der Waals surface area contributed by atoms with E-state index in [9.17, 15) is 19.2 Å². The minimum absolute atomic E-state index is 0. The molecule has 0 bridgehead atoms. The molecule has 14 nitrogen and oxygen atoms in total. The third-order valence-electron chi connectivity index (χ3n) is 11.8. The molecule has 4 fully saturated rings. The zero-order chi connectivity index (χ0) is 40.8. The monoisotopic (exact) mass is 864 g/mol. The molecule has 60 heavy (non-hydrogen) atoms. The Labute approximate surface area is 363 Å². The van der Waals surface area contributed by atoms with Gasteiger partial charge in [-0.3, -0.25) is 19.2 Å². The zero-order valence-electron chi connectivity index (χ0n) is 34.2. The fraction of sp³-hybridized carbons (Fsp3) is 0.500. The van der Waals surface area contributed by atoms with Crippen molar-refractivity contribution in [2.24, 2.45) is 23.3 Å². The molecule has 2 saturated heterocycles. The quantitative estimate of drug-likeness (QED) is 0.130. The van der Waals surface area contributed by atoms with E-state index in [-0.39, 0.29) is 72.4 Å². The molecule has 0 spiro atoms. The molecule has 2 aliphatic carbocycles. The number of carbonyl (C=O) groups is 4. The summed E-state index contributed by atoms with van der Waals surface area (Å²) in [6.45, 7) is 6.05. The van der Waals surface area contributed by atoms with Crippen LogP contribution in [0, 0.1) is 11.8 Å². The highest BCUT2D eigenvalue weighted by Gasteiger charge is 2.35. The van der Waals surface area contributed by atoms with E-state index in [0.29, 0.717) is 49.4 Å². The van der Waals surface area contributed by atoms with Gasteiger partial charge in [0.05, 0.1) is 24.2 Å². The van der Waals surface area contributed by atoms with Crippen molar-refractivity contribution in [2.75, 3.05) is 26.2 Å². The lowest BCUT2D eigenvalue weighted by molar-refractivity contribution is -0.134. The number of hydrogen-bond donors (Lipinski definition) is 4. The van der Waals surface area contributed by atoms with Gasteiger partial charge in [-0.15, -0.1) is 24.8 Å². The first-order chi connectivity index (χ1) is 28.0. The van der Waals surface area contributed by atoms with E-state index in [1.807, 2.05) is 70.5 Å². The van der Waals surface area contributed by atoms with Crippen molar-refractivity contribution in [3.05, 3.63) is 107 Å². The Bertz CT molecular complexity index is 1860. The van der Waals surface area contributed by atoms with E-state index >= 15 is 0 Å². The number of nitrogens with two attached hydrogens (primary N) is 2. The maximum atomic E-state index is 12.9. The lowest BCUT2D eigenvalue weighted by Crippen LogP contribution is -2.47. The molecule has 2 aromatic carbocycles. The average Bonchev–Trinajstić information content (AvgIpc) is 4.19. The Morgan fingerprint density at radius 1 is 0.583 bits per heavy atom. The number of piperidine rings is 2. The van der Waals surface area contributed by atoms with Crippen LogP contribution in [0.2, 0.25) is 0 Å². The molecular weight excluding hydrogens is 807 g/mol. The van der Waals surface area contributed by atoms with Gasteiger partial charge in [-0.1, -0.05) is 71.0 Å². The number of halogens is 2. The topological polar surface area (TPSA) is 203 Å². The highest BCUT2D eigenvalue weighted by atomic mass is 35.5. The van der Waals surface area contributed by atoms with Gasteiger partial charge in [0, 0.05) is 50.1 Å². The maximum absolute atomic E-state index is 12.9. The van der Waals surface area contributed by atoms with E-state index in [1.165, 1.54) is 0 Å². The van der Waals surface area contributed by atoms with Crippen LogP contribution in [0.3, 0.4) is 0 Å². The molecule has 4 heterocycles. The molecule has 2 aromatic heterocycles. The number of aromatic nitrogens is 2. The van der Waals surface area contributed by atoms with E-state index in [2.05, 4.69) is 20.9 Å². The van der Waals surface area contributed by atoms with Crippen LogP contribution < -0.4 is 22.1 Å². The summed E-state index contributed by atoms with van der Waals surface area (Å²) < 4.78 is 10.7. The number of nitrogens with zero attached hydrogens (tertiary/aromatic N) is 4. The molecule has 0 unspecified atom stereocenters. The molecule has 8 rings (SSSR count). The SMILES string of the molecule is C[C@H](N)C(=O)N1CCC([C@@H](NC(=O)c2cc(C3CC3)on2)c2ccccc2)CC1.C[C@H](N)C(=O)N1CCC([C@H](NC(=O)c2cc(C3CC3)on2)c2ccccc2)CC1.Cl.Cl. The number of likely N-dealkylation sites (tertiary alicyclic amines) is 2. The minimum Gasteiger partial charge on any atom is -0.360 e. The average molecular weight is 866 g/mol. The second kappa shape index (κ2) is 21.2. The van der Waals surface area contributed by atoms with E-state index in [1.54, 1.807) is 26.0 Å². The molecule has 4 aliphatic rings. The lowest BCUT2D eigenvalue weighted by Gasteiger charge is -2.37. The summed E-state index contributed by atoms with van der Waals surface area (Å²) >= 11 is 0. The van der Waals surface area contributed by atoms with Crippen LogP contribution in [0.1, 0.15) is 133 Å². The summed E-state index contributed by atoms with van der Waals surface area (Å²) in [6, 6.07) is 22.2. The Hall–Kier alpha value is -4.76. The normalized spacial score (nSPS) is 18.9. The van der Waals surface area contributed by atoms with Crippen molar-refractivity contribution in [2.45, 2.75) is 101 Å². The van der Waals surface area contributed by atoms with Gasteiger partial charge in [-0.25, -0.2) is 0 Å². The Morgan fingerprint density at radius 3 is 1.22 bits per heavy atom. The predicted molar refractivity (Wildman–Crippen MR) is 231 cm³/mol. The fourth-order valence-electron chi connectivity index (χ4n) is 8.09. The van der Waals surface area contributed by atoms with Gasteiger partial charge in [0.25, 0.3) is 11.8 Å². The summed E-state index contributed by atoms with van der Waals surface area (Å²) in [5.74, 6) is 2.43. The van der Waals surface area contributed by atoms with Gasteiger partial charge in [0.1, 0.15) is 11.5 Å². The van der Waals surface area contributed by atoms with E-state index < -0.39 is 12.1 Å². The number of benzene rings is 2. The number of rotatable bonds is 12. The summed E-state index contributed by atoms with van der Waals surface area (Å²) in [5, 5.41) is 14.3. The smallest absolute Gasteiger partial charge is 0.273 e. The molecule has 324 valence electrons. The van der Waals surface area contributed by atoms with Crippen LogP contribution in [0.15, 0.2) is 81.8 Å². The van der Waals surface area contributed by atoms with Crippen LogP contribution in [0.25, 0.3) is 0 Å². The van der Waals surface area contributed by atoms with Gasteiger partial charge < -0.3 is 40.9 Å². The second-order valence-electron chi connectivity index (χ2n) is 16.4. The fourth-order valence-corrected chi connectivity index (χ4v) is 8.09. The Kier molecular flexibility index (Phi) is 16.3. The number of hydrogen-bond acceptors (Lipinski definition) is 10. The highest BCUT2D eigenvalue weighted by Crippen LogP contribution is 2.41. The van der Waals surface area contributed by atoms with Gasteiger partial charge in [0.2, 0.25) is 11.8 Å². The van der Waals surface area contributed by atoms with Crippen LogP contribution in [-0.2, 0) is 9.59 Å². The molecule has 6 N–H and O–H groups in total. The first-order valence-corrected chi connectivity index (χ1v) is 20.8. The van der Waals surface area contributed by atoms with Crippen molar-refractivity contribution >= 4 is 48.4 Å². The maximum Gasteiger partial charge on any atom is 0.273 e. The first-order valence-electron chi connectivity index (χ1n) is 20.8. The standard InChI is InChI=1S/2C22H28N4O3.2ClH/c2*1-14(23)22(28)26-11-9-17(10-12-26)20(16-5-3-2-4-6-16)24-21(27)18-13-19(29-25-18)15-7-8-15;;/h2*2-6,13-15,17,20H,7-12,23H2,1H3,(H,24,27);2*1H/t14-,20+;14-,20-;;/m00../s1. The zero-order valence-corrected chi connectivity index (χ0v) is 35.9. The second-order valence-corrected chi connectivity index (χ2v) is 16.4.